The number of para-hydroxylation sites is 2. The number of carbonyl (C=O) groups is 2. The van der Waals surface area contributed by atoms with E-state index in [9.17, 15) is 14.0 Å². The molecular weight excluding hydrogens is 375 g/mol. The fourth-order valence-electron chi connectivity index (χ4n) is 3.38. The maximum atomic E-state index is 13.8. The van der Waals surface area contributed by atoms with Gasteiger partial charge in [0.05, 0.1) is 36.4 Å². The van der Waals surface area contributed by atoms with Crippen LogP contribution in [0.1, 0.15) is 16.2 Å². The Labute approximate surface area is 167 Å². The number of halogens is 1. The average molecular weight is 396 g/mol. The van der Waals surface area contributed by atoms with Crippen molar-refractivity contribution < 1.29 is 18.7 Å². The quantitative estimate of drug-likeness (QED) is 0.715. The first-order chi connectivity index (χ1) is 14.1. The summed E-state index contributed by atoms with van der Waals surface area (Å²) in [4.78, 5) is 31.4. The van der Waals surface area contributed by atoms with Crippen LogP contribution in [-0.2, 0) is 22.6 Å². The van der Waals surface area contributed by atoms with Crippen molar-refractivity contribution in [3.8, 4) is 0 Å². The van der Waals surface area contributed by atoms with Crippen LogP contribution >= 0.6 is 0 Å². The predicted octanol–water partition coefficient (Wildman–Crippen LogP) is 1.96. The molecule has 1 saturated heterocycles. The zero-order valence-corrected chi connectivity index (χ0v) is 15.8. The Balaban J connectivity index is 1.55. The number of fused-ring (bicyclic) bond motifs is 1. The van der Waals surface area contributed by atoms with Gasteiger partial charge in [-0.3, -0.25) is 9.59 Å². The Kier molecular flexibility index (Phi) is 5.53. The molecule has 0 bridgehead atoms. The van der Waals surface area contributed by atoms with E-state index in [-0.39, 0.29) is 24.6 Å². The maximum Gasteiger partial charge on any atom is 0.254 e. The maximum absolute atomic E-state index is 13.8. The standard InChI is InChI=1S/C21H21FN4O3/c22-16-6-2-1-5-15(16)21(28)23-13-19-24-17-7-3-4-8-18(17)26(19)14-20(27)25-9-11-29-12-10-25/h1-8H,9-14H2,(H,23,28). The molecule has 1 aliphatic rings. The molecule has 1 fully saturated rings. The first-order valence-corrected chi connectivity index (χ1v) is 9.46. The first kappa shape index (κ1) is 19.1. The van der Waals surface area contributed by atoms with Crippen molar-refractivity contribution >= 4 is 22.8 Å². The lowest BCUT2D eigenvalue weighted by Gasteiger charge is -2.27. The second kappa shape index (κ2) is 8.40. The van der Waals surface area contributed by atoms with Gasteiger partial charge >= 0.3 is 0 Å². The van der Waals surface area contributed by atoms with Crippen molar-refractivity contribution in [2.45, 2.75) is 13.1 Å². The molecule has 1 aliphatic heterocycles. The van der Waals surface area contributed by atoms with E-state index in [4.69, 9.17) is 4.74 Å². The Morgan fingerprint density at radius 2 is 1.79 bits per heavy atom. The molecule has 0 unspecified atom stereocenters. The van der Waals surface area contributed by atoms with Gasteiger partial charge in [0.1, 0.15) is 18.2 Å². The van der Waals surface area contributed by atoms with Gasteiger partial charge in [0.25, 0.3) is 5.91 Å². The molecule has 3 aromatic rings. The molecule has 150 valence electrons. The molecule has 29 heavy (non-hydrogen) atoms. The lowest BCUT2D eigenvalue weighted by atomic mass is 10.2. The van der Waals surface area contributed by atoms with Gasteiger partial charge in [-0.15, -0.1) is 0 Å². The Morgan fingerprint density at radius 1 is 1.07 bits per heavy atom. The van der Waals surface area contributed by atoms with E-state index in [1.54, 1.807) is 15.5 Å². The van der Waals surface area contributed by atoms with E-state index in [0.29, 0.717) is 32.1 Å². The fraction of sp³-hybridized carbons (Fsp3) is 0.286. The zero-order valence-electron chi connectivity index (χ0n) is 15.8. The van der Waals surface area contributed by atoms with Crippen molar-refractivity contribution in [3.05, 3.63) is 65.7 Å². The number of aromatic nitrogens is 2. The summed E-state index contributed by atoms with van der Waals surface area (Å²) in [5.41, 5.74) is 1.52. The molecule has 1 N–H and O–H groups in total. The lowest BCUT2D eigenvalue weighted by Crippen LogP contribution is -2.42. The van der Waals surface area contributed by atoms with Gasteiger partial charge < -0.3 is 19.5 Å². The molecule has 8 heteroatoms. The van der Waals surface area contributed by atoms with E-state index in [2.05, 4.69) is 10.3 Å². The number of imidazole rings is 1. The van der Waals surface area contributed by atoms with Crippen molar-refractivity contribution in [1.29, 1.82) is 0 Å². The molecule has 0 radical (unpaired) electrons. The molecule has 0 spiro atoms. The van der Waals surface area contributed by atoms with Crippen LogP contribution in [0.2, 0.25) is 0 Å². The Hall–Kier alpha value is -3.26. The molecule has 0 saturated carbocycles. The molecule has 2 aromatic carbocycles. The summed E-state index contributed by atoms with van der Waals surface area (Å²) < 4.78 is 21.0. The number of amides is 2. The molecular formula is C21H21FN4O3. The number of rotatable bonds is 5. The summed E-state index contributed by atoms with van der Waals surface area (Å²) in [6.07, 6.45) is 0. The highest BCUT2D eigenvalue weighted by molar-refractivity contribution is 5.94. The van der Waals surface area contributed by atoms with Crippen LogP contribution in [0.5, 0.6) is 0 Å². The summed E-state index contributed by atoms with van der Waals surface area (Å²) in [5, 5.41) is 2.70. The highest BCUT2D eigenvalue weighted by Crippen LogP contribution is 2.17. The molecule has 4 rings (SSSR count). The van der Waals surface area contributed by atoms with Gasteiger partial charge in [0.15, 0.2) is 0 Å². The van der Waals surface area contributed by atoms with Crippen molar-refractivity contribution in [2.75, 3.05) is 26.3 Å². The summed E-state index contributed by atoms with van der Waals surface area (Å²) in [6.45, 7) is 2.38. The number of hydrogen-bond acceptors (Lipinski definition) is 4. The minimum Gasteiger partial charge on any atom is -0.378 e. The Bertz CT molecular complexity index is 1040. The summed E-state index contributed by atoms with van der Waals surface area (Å²) >= 11 is 0. The van der Waals surface area contributed by atoms with Gasteiger partial charge in [0.2, 0.25) is 5.91 Å². The van der Waals surface area contributed by atoms with Crippen LogP contribution in [0.4, 0.5) is 4.39 Å². The molecule has 1 aromatic heterocycles. The third-order valence-corrected chi connectivity index (χ3v) is 4.92. The molecule has 0 atom stereocenters. The first-order valence-electron chi connectivity index (χ1n) is 9.46. The average Bonchev–Trinajstić information content (AvgIpc) is 3.10. The third-order valence-electron chi connectivity index (χ3n) is 4.92. The Morgan fingerprint density at radius 3 is 2.59 bits per heavy atom. The van der Waals surface area contributed by atoms with Gasteiger partial charge in [-0.05, 0) is 24.3 Å². The normalized spacial score (nSPS) is 14.2. The number of carbonyl (C=O) groups excluding carboxylic acids is 2. The highest BCUT2D eigenvalue weighted by atomic mass is 19.1. The largest absolute Gasteiger partial charge is 0.378 e. The summed E-state index contributed by atoms with van der Waals surface area (Å²) in [7, 11) is 0. The number of benzene rings is 2. The minimum absolute atomic E-state index is 0.0282. The summed E-state index contributed by atoms with van der Waals surface area (Å²) in [6, 6.07) is 13.3. The topological polar surface area (TPSA) is 76.5 Å². The predicted molar refractivity (Wildman–Crippen MR) is 105 cm³/mol. The van der Waals surface area contributed by atoms with E-state index < -0.39 is 11.7 Å². The van der Waals surface area contributed by atoms with Gasteiger partial charge in [-0.1, -0.05) is 24.3 Å². The van der Waals surface area contributed by atoms with Crippen molar-refractivity contribution in [1.82, 2.24) is 19.8 Å². The second-order valence-corrected chi connectivity index (χ2v) is 6.76. The van der Waals surface area contributed by atoms with Gasteiger partial charge in [-0.25, -0.2) is 9.37 Å². The SMILES string of the molecule is O=C(NCc1nc2ccccc2n1CC(=O)N1CCOCC1)c1ccccc1F. The van der Waals surface area contributed by atoms with Crippen molar-refractivity contribution in [3.63, 3.8) is 0 Å². The van der Waals surface area contributed by atoms with Crippen molar-refractivity contribution in [2.24, 2.45) is 0 Å². The third kappa shape index (κ3) is 4.12. The second-order valence-electron chi connectivity index (χ2n) is 6.76. The van der Waals surface area contributed by atoms with E-state index >= 15 is 0 Å². The minimum atomic E-state index is -0.582. The lowest BCUT2D eigenvalue weighted by molar-refractivity contribution is -0.135. The van der Waals surface area contributed by atoms with Gasteiger partial charge in [-0.2, -0.15) is 0 Å². The zero-order chi connectivity index (χ0) is 20.2. The monoisotopic (exact) mass is 396 g/mol. The van der Waals surface area contributed by atoms with Crippen LogP contribution in [0.3, 0.4) is 0 Å². The highest BCUT2D eigenvalue weighted by Gasteiger charge is 2.20. The number of ether oxygens (including phenoxy) is 1. The van der Waals surface area contributed by atoms with E-state index in [1.807, 2.05) is 24.3 Å². The van der Waals surface area contributed by atoms with Crippen LogP contribution in [0, 0.1) is 5.82 Å². The van der Waals surface area contributed by atoms with Crippen LogP contribution < -0.4 is 5.32 Å². The van der Waals surface area contributed by atoms with E-state index in [0.717, 1.165) is 11.0 Å². The summed E-state index contributed by atoms with van der Waals surface area (Å²) in [5.74, 6) is -0.599. The number of nitrogens with one attached hydrogen (secondary N) is 1. The number of nitrogens with zero attached hydrogens (tertiary/aromatic N) is 3. The molecule has 0 aliphatic carbocycles. The van der Waals surface area contributed by atoms with Gasteiger partial charge in [0, 0.05) is 13.1 Å². The number of hydrogen-bond donors (Lipinski definition) is 1. The van der Waals surface area contributed by atoms with Crippen LogP contribution in [0.25, 0.3) is 11.0 Å². The molecule has 2 heterocycles. The van der Waals surface area contributed by atoms with Crippen LogP contribution in [-0.4, -0.2) is 52.6 Å². The molecule has 7 nitrogen and oxygen atoms in total. The molecule has 2 amide bonds. The fourth-order valence-corrected chi connectivity index (χ4v) is 3.38. The smallest absolute Gasteiger partial charge is 0.254 e. The van der Waals surface area contributed by atoms with Crippen LogP contribution in [0.15, 0.2) is 48.5 Å². The van der Waals surface area contributed by atoms with E-state index in [1.165, 1.54) is 18.2 Å². The number of morpholine rings is 1.